The van der Waals surface area contributed by atoms with Gasteiger partial charge < -0.3 is 0 Å². The summed E-state index contributed by atoms with van der Waals surface area (Å²) < 4.78 is 0. The minimum atomic E-state index is 0.606. The molecule has 0 bridgehead atoms. The van der Waals surface area contributed by atoms with Crippen LogP contribution < -0.4 is 11.5 Å². The Morgan fingerprint density at radius 2 is 2.17 bits per heavy atom. The predicted octanol–water partition coefficient (Wildman–Crippen LogP) is -1.68. The van der Waals surface area contributed by atoms with E-state index in [1.807, 2.05) is 0 Å². The van der Waals surface area contributed by atoms with Gasteiger partial charge in [0.25, 0.3) is 0 Å². The average Bonchev–Trinajstić information content (AvgIpc) is 1.35. The van der Waals surface area contributed by atoms with E-state index in [1.165, 1.54) is 0 Å². The summed E-state index contributed by atoms with van der Waals surface area (Å²) in [6.45, 7) is 0.606. The van der Waals surface area contributed by atoms with Crippen LogP contribution in [-0.4, -0.2) is 19.6 Å². The molecule has 0 aromatic heterocycles. The first-order chi connectivity index (χ1) is 2.77. The van der Waals surface area contributed by atoms with Crippen molar-refractivity contribution in [3.8, 4) is 0 Å². The molecule has 0 aromatic carbocycles. The molecule has 0 aliphatic rings. The average molecular weight is 83.9 g/mol. The standard InChI is InChI=1S/C3H9BN2/c4-3(6)1-2-5/h4H,1-2,5-6H2. The molecule has 0 saturated heterocycles. The first-order valence-corrected chi connectivity index (χ1v) is 1.90. The summed E-state index contributed by atoms with van der Waals surface area (Å²) in [6, 6.07) is 0. The van der Waals surface area contributed by atoms with Crippen LogP contribution in [0.5, 0.6) is 0 Å². The summed E-state index contributed by atoms with van der Waals surface area (Å²) in [6.07, 6.45) is 0.736. The Balaban J connectivity index is 2.83. The predicted molar refractivity (Wildman–Crippen MR) is 30.0 cm³/mol. The molecule has 34 valence electrons. The zero-order valence-corrected chi connectivity index (χ0v) is 3.78. The van der Waals surface area contributed by atoms with E-state index in [2.05, 4.69) is 7.49 Å². The molecule has 0 radical (unpaired) electrons. The molecule has 6 heavy (non-hydrogen) atoms. The van der Waals surface area contributed by atoms with Gasteiger partial charge in [-0.25, -0.2) is 0 Å². The van der Waals surface area contributed by atoms with Gasteiger partial charge in [-0.2, -0.15) is 0 Å². The summed E-state index contributed by atoms with van der Waals surface area (Å²) >= 11 is 0. The quantitative estimate of drug-likeness (QED) is 0.393. The molecule has 0 atom stereocenters. The van der Waals surface area contributed by atoms with Crippen LogP contribution in [0.15, 0.2) is 0 Å². The topological polar surface area (TPSA) is 52.0 Å². The van der Waals surface area contributed by atoms with Gasteiger partial charge in [-0.3, -0.25) is 0 Å². The first-order valence-electron chi connectivity index (χ1n) is 1.90. The van der Waals surface area contributed by atoms with Gasteiger partial charge in [0, 0.05) is 0 Å². The van der Waals surface area contributed by atoms with Gasteiger partial charge in [-0.05, 0) is 0 Å². The molecule has 0 unspecified atom stereocenters. The molecule has 0 aromatic rings. The van der Waals surface area contributed by atoms with Crippen molar-refractivity contribution in [3.63, 3.8) is 0 Å². The Kier molecular flexibility index (Phi) is 2.76. The van der Waals surface area contributed by atoms with Crippen molar-refractivity contribution in [1.29, 1.82) is 0 Å². The summed E-state index contributed by atoms with van der Waals surface area (Å²) in [5.41, 5.74) is 10.9. The van der Waals surface area contributed by atoms with Gasteiger partial charge >= 0.3 is 37.5 Å². The van der Waals surface area contributed by atoms with Crippen LogP contribution in [0.1, 0.15) is 6.42 Å². The minimum absolute atomic E-state index is 0.606. The third kappa shape index (κ3) is 3.69. The van der Waals surface area contributed by atoms with E-state index >= 15 is 0 Å². The Morgan fingerprint density at radius 1 is 1.67 bits per heavy atom. The summed E-state index contributed by atoms with van der Waals surface area (Å²) in [4.78, 5) is 0. The zero-order valence-electron chi connectivity index (χ0n) is 3.78. The van der Waals surface area contributed by atoms with Crippen LogP contribution in [0.25, 0.3) is 0 Å². The first kappa shape index (κ1) is 5.69. The van der Waals surface area contributed by atoms with Crippen LogP contribution in [0, 0.1) is 0 Å². The van der Waals surface area contributed by atoms with E-state index < -0.39 is 0 Å². The van der Waals surface area contributed by atoms with Crippen molar-refractivity contribution in [2.24, 2.45) is 11.5 Å². The molecule has 2 nitrogen and oxygen atoms in total. The van der Waals surface area contributed by atoms with Crippen molar-refractivity contribution in [2.75, 3.05) is 6.54 Å². The van der Waals surface area contributed by atoms with Gasteiger partial charge in [0.1, 0.15) is 0 Å². The molecule has 0 amide bonds. The summed E-state index contributed by atoms with van der Waals surface area (Å²) in [7, 11) is 3.44. The van der Waals surface area contributed by atoms with Crippen LogP contribution in [0.4, 0.5) is 0 Å². The van der Waals surface area contributed by atoms with Crippen molar-refractivity contribution in [3.05, 3.63) is 0 Å². The number of rotatable bonds is 2. The normalized spacial score (nSPS) is 8.00. The van der Waals surface area contributed by atoms with Crippen LogP contribution in [0.3, 0.4) is 0 Å². The number of nitrogens with two attached hydrogens (primary N) is 2. The van der Waals surface area contributed by atoms with Crippen LogP contribution in [-0.2, 0) is 0 Å². The SMILES string of the molecule is B=C(N)CCN. The van der Waals surface area contributed by atoms with E-state index in [-0.39, 0.29) is 0 Å². The second kappa shape index (κ2) is 2.91. The van der Waals surface area contributed by atoms with Gasteiger partial charge in [0.2, 0.25) is 0 Å². The van der Waals surface area contributed by atoms with Gasteiger partial charge in [-0.15, -0.1) is 0 Å². The zero-order chi connectivity index (χ0) is 4.99. The molecule has 0 aliphatic carbocycles. The monoisotopic (exact) mass is 84.1 g/mol. The molecular formula is C3H9BN2. The van der Waals surface area contributed by atoms with E-state index in [0.717, 1.165) is 6.42 Å². The fraction of sp³-hybridized carbons (Fsp3) is 0.667. The molecule has 4 N–H and O–H groups in total. The second-order valence-electron chi connectivity index (χ2n) is 1.20. The molecule has 0 saturated carbocycles. The molecule has 0 spiro atoms. The van der Waals surface area contributed by atoms with Crippen LogP contribution in [0.2, 0.25) is 0 Å². The molecule has 3 heteroatoms. The van der Waals surface area contributed by atoms with Crippen LogP contribution >= 0.6 is 0 Å². The number of hydrogen-bond donors (Lipinski definition) is 2. The Hall–Kier alpha value is -0.305. The van der Waals surface area contributed by atoms with Gasteiger partial charge in [0.05, 0.1) is 0 Å². The maximum absolute atomic E-state index is 5.13. The van der Waals surface area contributed by atoms with Crippen molar-refractivity contribution < 1.29 is 0 Å². The summed E-state index contributed by atoms with van der Waals surface area (Å²) in [5.74, 6) is 0. The van der Waals surface area contributed by atoms with Gasteiger partial charge in [-0.1, -0.05) is 0 Å². The molecular weight excluding hydrogens is 74.9 g/mol. The third-order valence-corrected chi connectivity index (χ3v) is 0.465. The molecule has 0 aliphatic heterocycles. The van der Waals surface area contributed by atoms with E-state index in [9.17, 15) is 0 Å². The Morgan fingerprint density at radius 3 is 2.17 bits per heavy atom. The van der Waals surface area contributed by atoms with Crippen molar-refractivity contribution >= 4 is 13.1 Å². The van der Waals surface area contributed by atoms with E-state index in [0.29, 0.717) is 12.1 Å². The Bertz CT molecular complexity index is 52.8. The molecule has 0 rings (SSSR count). The summed E-state index contributed by atoms with van der Waals surface area (Å²) in [5, 5.41) is 0. The fourth-order valence-corrected chi connectivity index (χ4v) is 0.185. The van der Waals surface area contributed by atoms with Crippen molar-refractivity contribution in [1.82, 2.24) is 0 Å². The van der Waals surface area contributed by atoms with Crippen molar-refractivity contribution in [2.45, 2.75) is 6.42 Å². The van der Waals surface area contributed by atoms with Gasteiger partial charge in [0.15, 0.2) is 0 Å². The second-order valence-corrected chi connectivity index (χ2v) is 1.20. The Labute approximate surface area is 38.6 Å². The molecule has 0 fully saturated rings. The number of hydrogen-bond acceptors (Lipinski definition) is 2. The maximum atomic E-state index is 5.13. The van der Waals surface area contributed by atoms with E-state index in [4.69, 9.17) is 11.5 Å². The third-order valence-electron chi connectivity index (χ3n) is 0.465. The van der Waals surface area contributed by atoms with E-state index in [1.54, 1.807) is 0 Å². The molecule has 0 heterocycles. The fourth-order valence-electron chi connectivity index (χ4n) is 0.185.